The van der Waals surface area contributed by atoms with E-state index in [2.05, 4.69) is 71.0 Å². The average Bonchev–Trinajstić information content (AvgIpc) is 3.34. The quantitative estimate of drug-likeness (QED) is 0.571. The third kappa shape index (κ3) is 5.08. The number of anilines is 2. The smallest absolute Gasteiger partial charge is 0.238 e. The lowest BCUT2D eigenvalue weighted by atomic mass is 10.0. The second-order valence-electron chi connectivity index (χ2n) is 7.88. The Labute approximate surface area is 178 Å². The minimum absolute atomic E-state index is 0.0309. The van der Waals surface area contributed by atoms with Crippen molar-refractivity contribution in [2.75, 3.05) is 29.9 Å². The summed E-state index contributed by atoms with van der Waals surface area (Å²) >= 11 is 0. The fourth-order valence-corrected chi connectivity index (χ4v) is 3.89. The number of benzene rings is 3. The van der Waals surface area contributed by atoms with Crippen molar-refractivity contribution in [1.29, 1.82) is 0 Å². The number of nitrogens with zero attached hydrogens (tertiary/aromatic N) is 1. The molecule has 1 saturated heterocycles. The molecule has 4 nitrogen and oxygen atoms in total. The first kappa shape index (κ1) is 20.2. The highest BCUT2D eigenvalue weighted by Gasteiger charge is 2.12. The van der Waals surface area contributed by atoms with Crippen LogP contribution in [0.15, 0.2) is 78.9 Å². The molecule has 0 aliphatic carbocycles. The predicted octanol–water partition coefficient (Wildman–Crippen LogP) is 5.24. The predicted molar refractivity (Wildman–Crippen MR) is 125 cm³/mol. The minimum Gasteiger partial charge on any atom is -0.372 e. The van der Waals surface area contributed by atoms with Gasteiger partial charge in [-0.15, -0.1) is 0 Å². The molecule has 3 aromatic rings. The van der Waals surface area contributed by atoms with Gasteiger partial charge in [0, 0.05) is 30.5 Å². The number of hydrogen-bond donors (Lipinski definition) is 2. The van der Waals surface area contributed by atoms with Gasteiger partial charge in [-0.25, -0.2) is 0 Å². The Morgan fingerprint density at radius 2 is 1.50 bits per heavy atom. The van der Waals surface area contributed by atoms with E-state index in [0.717, 1.165) is 24.3 Å². The first-order valence-corrected chi connectivity index (χ1v) is 10.7. The van der Waals surface area contributed by atoms with Crippen LogP contribution in [0.5, 0.6) is 0 Å². The monoisotopic (exact) mass is 399 g/mol. The number of rotatable bonds is 7. The maximum absolute atomic E-state index is 12.3. The Morgan fingerprint density at radius 3 is 2.17 bits per heavy atom. The lowest BCUT2D eigenvalue weighted by Crippen LogP contribution is -2.30. The fourth-order valence-electron chi connectivity index (χ4n) is 3.89. The summed E-state index contributed by atoms with van der Waals surface area (Å²) < 4.78 is 0. The van der Waals surface area contributed by atoms with Gasteiger partial charge >= 0.3 is 0 Å². The minimum atomic E-state index is -0.0309. The summed E-state index contributed by atoms with van der Waals surface area (Å²) in [7, 11) is 0. The molecule has 0 spiro atoms. The van der Waals surface area contributed by atoms with Crippen LogP contribution in [0, 0.1) is 0 Å². The van der Waals surface area contributed by atoms with Gasteiger partial charge in [0.05, 0.1) is 6.54 Å². The molecular formula is C26H29N3O. The van der Waals surface area contributed by atoms with E-state index >= 15 is 0 Å². The molecule has 2 N–H and O–H groups in total. The molecule has 4 heteroatoms. The van der Waals surface area contributed by atoms with Crippen molar-refractivity contribution >= 4 is 17.3 Å². The number of hydrogen-bond acceptors (Lipinski definition) is 3. The number of nitrogens with one attached hydrogen (secondary N) is 2. The summed E-state index contributed by atoms with van der Waals surface area (Å²) in [5.74, 6) is -0.0309. The van der Waals surface area contributed by atoms with Gasteiger partial charge in [-0.2, -0.15) is 0 Å². The van der Waals surface area contributed by atoms with Crippen LogP contribution in [-0.4, -0.2) is 25.5 Å². The maximum Gasteiger partial charge on any atom is 0.238 e. The van der Waals surface area contributed by atoms with Gasteiger partial charge in [-0.3, -0.25) is 4.79 Å². The first-order valence-electron chi connectivity index (χ1n) is 10.7. The van der Waals surface area contributed by atoms with Crippen molar-refractivity contribution in [3.63, 3.8) is 0 Å². The summed E-state index contributed by atoms with van der Waals surface area (Å²) in [4.78, 5) is 14.7. The van der Waals surface area contributed by atoms with Crippen LogP contribution >= 0.6 is 0 Å². The van der Waals surface area contributed by atoms with Crippen LogP contribution in [-0.2, 0) is 4.79 Å². The van der Waals surface area contributed by atoms with Crippen molar-refractivity contribution in [3.8, 4) is 11.1 Å². The van der Waals surface area contributed by atoms with E-state index in [1.807, 2.05) is 30.3 Å². The Bertz CT molecular complexity index is 946. The first-order chi connectivity index (χ1) is 14.7. The molecule has 0 saturated carbocycles. The average molecular weight is 400 g/mol. The van der Waals surface area contributed by atoms with E-state index in [4.69, 9.17) is 0 Å². The SMILES string of the molecule is C[C@@H](NCC(=O)Nc1ccc(N2CCCC2)cc1)c1ccc(-c2ccccc2)cc1. The van der Waals surface area contributed by atoms with E-state index in [1.165, 1.54) is 29.7 Å². The normalized spacial score (nSPS) is 14.5. The summed E-state index contributed by atoms with van der Waals surface area (Å²) in [6.07, 6.45) is 2.52. The van der Waals surface area contributed by atoms with Gasteiger partial charge in [0.25, 0.3) is 0 Å². The van der Waals surface area contributed by atoms with Gasteiger partial charge in [0.15, 0.2) is 0 Å². The van der Waals surface area contributed by atoms with Crippen molar-refractivity contribution in [2.24, 2.45) is 0 Å². The van der Waals surface area contributed by atoms with Crippen LogP contribution in [0.2, 0.25) is 0 Å². The maximum atomic E-state index is 12.3. The molecule has 1 fully saturated rings. The Morgan fingerprint density at radius 1 is 0.867 bits per heavy atom. The summed E-state index contributed by atoms with van der Waals surface area (Å²) in [6.45, 7) is 4.60. The molecule has 154 valence electrons. The summed E-state index contributed by atoms with van der Waals surface area (Å²) in [5.41, 5.74) is 5.64. The van der Waals surface area contributed by atoms with E-state index in [1.54, 1.807) is 0 Å². The zero-order valence-electron chi connectivity index (χ0n) is 17.5. The van der Waals surface area contributed by atoms with Crippen LogP contribution in [0.4, 0.5) is 11.4 Å². The lowest BCUT2D eigenvalue weighted by molar-refractivity contribution is -0.115. The largest absolute Gasteiger partial charge is 0.372 e. The van der Waals surface area contributed by atoms with Crippen LogP contribution < -0.4 is 15.5 Å². The molecule has 30 heavy (non-hydrogen) atoms. The van der Waals surface area contributed by atoms with Crippen molar-refractivity contribution in [3.05, 3.63) is 84.4 Å². The second-order valence-corrected chi connectivity index (χ2v) is 7.88. The Kier molecular flexibility index (Phi) is 6.45. The van der Waals surface area contributed by atoms with E-state index in [-0.39, 0.29) is 18.5 Å². The van der Waals surface area contributed by atoms with E-state index in [0.29, 0.717) is 0 Å². The zero-order chi connectivity index (χ0) is 20.8. The molecular weight excluding hydrogens is 370 g/mol. The van der Waals surface area contributed by atoms with Crippen LogP contribution in [0.3, 0.4) is 0 Å². The molecule has 1 aliphatic heterocycles. The Balaban J connectivity index is 1.27. The molecule has 0 unspecified atom stereocenters. The molecule has 4 rings (SSSR count). The van der Waals surface area contributed by atoms with Crippen LogP contribution in [0.25, 0.3) is 11.1 Å². The molecule has 0 bridgehead atoms. The van der Waals surface area contributed by atoms with Gasteiger partial charge in [0.1, 0.15) is 0 Å². The van der Waals surface area contributed by atoms with E-state index in [9.17, 15) is 4.79 Å². The number of carbonyl (C=O) groups excluding carboxylic acids is 1. The highest BCUT2D eigenvalue weighted by molar-refractivity contribution is 5.92. The molecule has 0 radical (unpaired) electrons. The second kappa shape index (κ2) is 9.59. The van der Waals surface area contributed by atoms with Crippen molar-refractivity contribution in [2.45, 2.75) is 25.8 Å². The van der Waals surface area contributed by atoms with E-state index < -0.39 is 0 Å². The topological polar surface area (TPSA) is 44.4 Å². The third-order valence-corrected chi connectivity index (χ3v) is 5.71. The number of amides is 1. The van der Waals surface area contributed by atoms with Crippen molar-refractivity contribution in [1.82, 2.24) is 5.32 Å². The Hall–Kier alpha value is -3.11. The molecule has 1 heterocycles. The fraction of sp³-hybridized carbons (Fsp3) is 0.269. The molecule has 3 aromatic carbocycles. The van der Waals surface area contributed by atoms with Crippen LogP contribution in [0.1, 0.15) is 31.4 Å². The van der Waals surface area contributed by atoms with Gasteiger partial charge in [0.2, 0.25) is 5.91 Å². The summed E-state index contributed by atoms with van der Waals surface area (Å²) in [6, 6.07) is 27.1. The zero-order valence-corrected chi connectivity index (χ0v) is 17.5. The standard InChI is InChI=1S/C26H29N3O/c1-20(21-9-11-23(12-10-21)22-7-3-2-4-8-22)27-19-26(30)28-24-13-15-25(16-14-24)29-17-5-6-18-29/h2-4,7-16,20,27H,5-6,17-19H2,1H3,(H,28,30)/t20-/m1/s1. The molecule has 1 aliphatic rings. The summed E-state index contributed by atoms with van der Waals surface area (Å²) in [5, 5.41) is 6.29. The molecule has 0 aromatic heterocycles. The van der Waals surface area contributed by atoms with Gasteiger partial charge in [-0.1, -0.05) is 54.6 Å². The molecule has 1 atom stereocenters. The molecule has 1 amide bonds. The highest BCUT2D eigenvalue weighted by Crippen LogP contribution is 2.23. The van der Waals surface area contributed by atoms with Crippen molar-refractivity contribution < 1.29 is 4.79 Å². The third-order valence-electron chi connectivity index (χ3n) is 5.71. The lowest BCUT2D eigenvalue weighted by Gasteiger charge is -2.18. The number of carbonyl (C=O) groups is 1. The van der Waals surface area contributed by atoms with Gasteiger partial charge in [-0.05, 0) is 60.7 Å². The van der Waals surface area contributed by atoms with Gasteiger partial charge < -0.3 is 15.5 Å². The highest BCUT2D eigenvalue weighted by atomic mass is 16.1.